The molecule has 118 valence electrons. The molecule has 0 unspecified atom stereocenters. The van der Waals surface area contributed by atoms with Crippen molar-refractivity contribution in [2.75, 3.05) is 26.8 Å². The molecule has 1 aromatic carbocycles. The number of rotatable bonds is 6. The van der Waals surface area contributed by atoms with E-state index in [1.54, 1.807) is 11.8 Å². The van der Waals surface area contributed by atoms with E-state index in [0.717, 1.165) is 24.5 Å². The maximum Gasteiger partial charge on any atom is 0.214 e. The van der Waals surface area contributed by atoms with Crippen molar-refractivity contribution in [3.05, 3.63) is 41.5 Å². The first-order chi connectivity index (χ1) is 10.8. The van der Waals surface area contributed by atoms with Gasteiger partial charge in [-0.3, -0.25) is 0 Å². The van der Waals surface area contributed by atoms with E-state index in [1.807, 2.05) is 12.1 Å². The van der Waals surface area contributed by atoms with Crippen molar-refractivity contribution in [2.45, 2.75) is 25.4 Å². The highest BCUT2D eigenvalue weighted by molar-refractivity contribution is 5.23. The van der Waals surface area contributed by atoms with Gasteiger partial charge in [0.15, 0.2) is 6.04 Å². The Bertz CT molecular complexity index is 594. The lowest BCUT2D eigenvalue weighted by atomic mass is 10.0. The molecule has 1 aliphatic heterocycles. The van der Waals surface area contributed by atoms with Crippen LogP contribution < -0.4 is 4.90 Å². The summed E-state index contributed by atoms with van der Waals surface area (Å²) in [6.07, 6.45) is 2.40. The smallest absolute Gasteiger partial charge is 0.214 e. The highest BCUT2D eigenvalue weighted by atomic mass is 19.1. The van der Waals surface area contributed by atoms with E-state index in [1.165, 1.54) is 29.9 Å². The third kappa shape index (κ3) is 3.15. The number of nitrogens with one attached hydrogen (secondary N) is 1. The van der Waals surface area contributed by atoms with E-state index in [4.69, 9.17) is 4.74 Å². The average molecular weight is 306 g/mol. The van der Waals surface area contributed by atoms with Crippen molar-refractivity contribution < 1.29 is 14.0 Å². The quantitative estimate of drug-likeness (QED) is 0.830. The molecule has 0 aliphatic carbocycles. The van der Waals surface area contributed by atoms with E-state index < -0.39 is 0 Å². The fourth-order valence-electron chi connectivity index (χ4n) is 3.10. The van der Waals surface area contributed by atoms with Gasteiger partial charge in [-0.05, 0) is 34.7 Å². The largest absolute Gasteiger partial charge is 0.383 e. The molecule has 6 nitrogen and oxygen atoms in total. The van der Waals surface area contributed by atoms with Crippen LogP contribution in [0, 0.1) is 5.82 Å². The molecule has 1 aliphatic rings. The zero-order valence-electron chi connectivity index (χ0n) is 12.7. The molecule has 0 spiro atoms. The third-order valence-electron chi connectivity index (χ3n) is 4.18. The fraction of sp³-hybridized carbons (Fsp3) is 0.533. The molecule has 1 fully saturated rings. The molecule has 1 N–H and O–H groups in total. The topological polar surface area (TPSA) is 57.3 Å². The minimum Gasteiger partial charge on any atom is -0.383 e. The Balaban J connectivity index is 1.94. The molecule has 2 aromatic rings. The molecule has 0 amide bonds. The fourth-order valence-corrected chi connectivity index (χ4v) is 3.10. The Morgan fingerprint density at radius 3 is 2.68 bits per heavy atom. The number of quaternary nitrogens is 1. The van der Waals surface area contributed by atoms with Crippen molar-refractivity contribution in [3.8, 4) is 0 Å². The molecule has 1 atom stereocenters. The van der Waals surface area contributed by atoms with Crippen LogP contribution in [-0.4, -0.2) is 47.0 Å². The van der Waals surface area contributed by atoms with Crippen LogP contribution in [0.15, 0.2) is 24.3 Å². The Labute approximate surface area is 128 Å². The number of aromatic nitrogens is 4. The van der Waals surface area contributed by atoms with Gasteiger partial charge in [-0.15, -0.1) is 5.10 Å². The number of halogens is 1. The maximum absolute atomic E-state index is 13.2. The van der Waals surface area contributed by atoms with Gasteiger partial charge in [-0.2, -0.15) is 0 Å². The van der Waals surface area contributed by atoms with Gasteiger partial charge in [0, 0.05) is 25.5 Å². The second-order valence-corrected chi connectivity index (χ2v) is 5.60. The molecule has 7 heteroatoms. The summed E-state index contributed by atoms with van der Waals surface area (Å²) >= 11 is 0. The van der Waals surface area contributed by atoms with Gasteiger partial charge in [-0.1, -0.05) is 0 Å². The van der Waals surface area contributed by atoms with Crippen molar-refractivity contribution in [1.82, 2.24) is 20.2 Å². The molecule has 22 heavy (non-hydrogen) atoms. The van der Waals surface area contributed by atoms with Gasteiger partial charge in [0.2, 0.25) is 5.82 Å². The minimum absolute atomic E-state index is 0.0370. The first-order valence-corrected chi connectivity index (χ1v) is 7.64. The zero-order valence-corrected chi connectivity index (χ0v) is 12.7. The van der Waals surface area contributed by atoms with E-state index in [-0.39, 0.29) is 11.9 Å². The average Bonchev–Trinajstić information content (AvgIpc) is 3.20. The number of hydrogen-bond acceptors (Lipinski definition) is 4. The van der Waals surface area contributed by atoms with E-state index in [2.05, 4.69) is 15.5 Å². The number of hydrogen-bond donors (Lipinski definition) is 1. The summed E-state index contributed by atoms with van der Waals surface area (Å²) in [7, 11) is 1.66. The molecule has 2 heterocycles. The van der Waals surface area contributed by atoms with Gasteiger partial charge in [0.05, 0.1) is 26.2 Å². The number of tetrazole rings is 1. The lowest BCUT2D eigenvalue weighted by molar-refractivity contribution is -0.914. The standard InChI is InChI=1S/C15H20FN5O/c1-22-11-10-21-15(17-18-19-21)14(20-8-2-3-9-20)12-4-6-13(16)7-5-12/h4-7,14H,2-3,8-11H2,1H3/p+1/t14-/m0/s1. The number of benzene rings is 1. The number of likely N-dealkylation sites (tertiary alicyclic amines) is 1. The van der Waals surface area contributed by atoms with Gasteiger partial charge >= 0.3 is 0 Å². The molecular formula is C15H21FN5O+. The van der Waals surface area contributed by atoms with Crippen molar-refractivity contribution in [3.63, 3.8) is 0 Å². The van der Waals surface area contributed by atoms with Crippen LogP contribution in [0.4, 0.5) is 4.39 Å². The summed E-state index contributed by atoms with van der Waals surface area (Å²) in [6, 6.07) is 6.71. The first-order valence-electron chi connectivity index (χ1n) is 7.64. The van der Waals surface area contributed by atoms with Gasteiger partial charge in [0.1, 0.15) is 5.82 Å². The van der Waals surface area contributed by atoms with Gasteiger partial charge < -0.3 is 9.64 Å². The predicted octanol–water partition coefficient (Wildman–Crippen LogP) is 0.227. The number of nitrogens with zero attached hydrogens (tertiary/aromatic N) is 4. The van der Waals surface area contributed by atoms with Crippen LogP contribution in [-0.2, 0) is 11.3 Å². The monoisotopic (exact) mass is 306 g/mol. The van der Waals surface area contributed by atoms with Gasteiger partial charge in [-0.25, -0.2) is 9.07 Å². The van der Waals surface area contributed by atoms with Crippen LogP contribution in [0.3, 0.4) is 0 Å². The summed E-state index contributed by atoms with van der Waals surface area (Å²) in [5.74, 6) is 0.596. The van der Waals surface area contributed by atoms with E-state index in [9.17, 15) is 4.39 Å². The van der Waals surface area contributed by atoms with Crippen LogP contribution in [0.2, 0.25) is 0 Å². The third-order valence-corrected chi connectivity index (χ3v) is 4.18. The molecule has 3 rings (SSSR count). The summed E-state index contributed by atoms with van der Waals surface area (Å²) in [5.41, 5.74) is 1.05. The molecule has 0 saturated carbocycles. The Hall–Kier alpha value is -1.86. The van der Waals surface area contributed by atoms with Crippen LogP contribution in [0.25, 0.3) is 0 Å². The maximum atomic E-state index is 13.2. The highest BCUT2D eigenvalue weighted by Crippen LogP contribution is 2.18. The van der Waals surface area contributed by atoms with E-state index >= 15 is 0 Å². The summed E-state index contributed by atoms with van der Waals surface area (Å²) < 4.78 is 20.2. The Kier molecular flexibility index (Phi) is 4.74. The van der Waals surface area contributed by atoms with Crippen molar-refractivity contribution in [2.24, 2.45) is 0 Å². The second-order valence-electron chi connectivity index (χ2n) is 5.60. The first kappa shape index (κ1) is 15.1. The minimum atomic E-state index is -0.224. The van der Waals surface area contributed by atoms with E-state index in [0.29, 0.717) is 13.2 Å². The van der Waals surface area contributed by atoms with Crippen LogP contribution >= 0.6 is 0 Å². The lowest BCUT2D eigenvalue weighted by Gasteiger charge is -2.24. The molecule has 1 aromatic heterocycles. The van der Waals surface area contributed by atoms with Gasteiger partial charge in [0.25, 0.3) is 0 Å². The lowest BCUT2D eigenvalue weighted by Crippen LogP contribution is -3.10. The predicted molar refractivity (Wildman–Crippen MR) is 77.9 cm³/mol. The summed E-state index contributed by atoms with van der Waals surface area (Å²) in [4.78, 5) is 1.43. The molecule has 0 bridgehead atoms. The van der Waals surface area contributed by atoms with Crippen LogP contribution in [0.5, 0.6) is 0 Å². The number of methoxy groups -OCH3 is 1. The SMILES string of the molecule is COCCn1nnnc1[C@H](c1ccc(F)cc1)[NH+]1CCCC1. The normalized spacial score (nSPS) is 17.0. The Morgan fingerprint density at radius 1 is 1.27 bits per heavy atom. The van der Waals surface area contributed by atoms with Crippen molar-refractivity contribution in [1.29, 1.82) is 0 Å². The zero-order chi connectivity index (χ0) is 15.4. The second kappa shape index (κ2) is 6.93. The Morgan fingerprint density at radius 2 is 2.00 bits per heavy atom. The molecule has 0 radical (unpaired) electrons. The summed E-state index contributed by atoms with van der Waals surface area (Å²) in [5, 5.41) is 12.2. The number of ether oxygens (including phenoxy) is 1. The summed E-state index contributed by atoms with van der Waals surface area (Å²) in [6.45, 7) is 3.34. The molecule has 1 saturated heterocycles. The molecular weight excluding hydrogens is 285 g/mol. The van der Waals surface area contributed by atoms with Crippen molar-refractivity contribution >= 4 is 0 Å². The highest BCUT2D eigenvalue weighted by Gasteiger charge is 2.33. The van der Waals surface area contributed by atoms with Crippen LogP contribution in [0.1, 0.15) is 30.3 Å².